The number of hydrogen-bond donors (Lipinski definition) is 2. The van der Waals surface area contributed by atoms with Gasteiger partial charge in [0.15, 0.2) is 0 Å². The lowest BCUT2D eigenvalue weighted by Crippen LogP contribution is -2.39. The number of imidazole rings is 1. The first-order valence-electron chi connectivity index (χ1n) is 6.69. The summed E-state index contributed by atoms with van der Waals surface area (Å²) in [6.07, 6.45) is 4.62. The molecule has 6 nitrogen and oxygen atoms in total. The number of carbonyl (C=O) groups excluding carboxylic acids is 2. The Morgan fingerprint density at radius 2 is 2.37 bits per heavy atom. The fraction of sp³-hybridized carbons (Fsp3) is 0.615. The number of aryl methyl sites for hydroxylation is 1. The molecule has 2 amide bonds. The second-order valence-corrected chi connectivity index (χ2v) is 4.80. The molecule has 1 aromatic heterocycles. The van der Waals surface area contributed by atoms with Crippen LogP contribution in [0.1, 0.15) is 44.2 Å². The number of nitrogens with one attached hydrogen (secondary N) is 2. The molecule has 1 atom stereocenters. The summed E-state index contributed by atoms with van der Waals surface area (Å²) < 4.78 is 0. The maximum absolute atomic E-state index is 12.1. The average Bonchev–Trinajstić information content (AvgIpc) is 3.03. The van der Waals surface area contributed by atoms with Gasteiger partial charge in [-0.2, -0.15) is 0 Å². The van der Waals surface area contributed by atoms with Gasteiger partial charge in [-0.3, -0.25) is 9.59 Å². The van der Waals surface area contributed by atoms with Gasteiger partial charge < -0.3 is 15.2 Å². The van der Waals surface area contributed by atoms with Crippen molar-refractivity contribution in [3.63, 3.8) is 0 Å². The molecular weight excluding hydrogens is 244 g/mol. The molecule has 0 bridgehead atoms. The quantitative estimate of drug-likeness (QED) is 0.843. The summed E-state index contributed by atoms with van der Waals surface area (Å²) >= 11 is 0. The third kappa shape index (κ3) is 3.13. The predicted octanol–water partition coefficient (Wildman–Crippen LogP) is 0.772. The lowest BCUT2D eigenvalue weighted by molar-refractivity contribution is -0.133. The van der Waals surface area contributed by atoms with E-state index >= 15 is 0 Å². The minimum Gasteiger partial charge on any atom is -0.347 e. The summed E-state index contributed by atoms with van der Waals surface area (Å²) in [4.78, 5) is 32.4. The molecule has 19 heavy (non-hydrogen) atoms. The third-order valence-electron chi connectivity index (χ3n) is 3.41. The Kier molecular flexibility index (Phi) is 4.19. The highest BCUT2D eigenvalue weighted by Gasteiger charge is 2.31. The largest absolute Gasteiger partial charge is 0.347 e. The molecule has 1 aromatic rings. The number of H-pyrrole nitrogens is 1. The lowest BCUT2D eigenvalue weighted by atomic mass is 10.2. The van der Waals surface area contributed by atoms with E-state index in [1.54, 1.807) is 4.90 Å². The van der Waals surface area contributed by atoms with Gasteiger partial charge in [-0.1, -0.05) is 6.92 Å². The van der Waals surface area contributed by atoms with E-state index in [-0.39, 0.29) is 24.4 Å². The molecule has 6 heteroatoms. The number of aromatic nitrogens is 2. The highest BCUT2D eigenvalue weighted by molar-refractivity contribution is 5.84. The molecule has 2 rings (SSSR count). The van der Waals surface area contributed by atoms with Gasteiger partial charge in [0.2, 0.25) is 11.8 Å². The fourth-order valence-electron chi connectivity index (χ4n) is 2.38. The van der Waals surface area contributed by atoms with Crippen LogP contribution in [0.2, 0.25) is 0 Å². The van der Waals surface area contributed by atoms with E-state index in [1.807, 2.05) is 6.20 Å². The zero-order valence-electron chi connectivity index (χ0n) is 11.4. The fourth-order valence-corrected chi connectivity index (χ4v) is 2.38. The van der Waals surface area contributed by atoms with E-state index in [0.29, 0.717) is 0 Å². The molecule has 104 valence electrons. The normalized spacial score (nSPS) is 18.6. The monoisotopic (exact) mass is 264 g/mol. The van der Waals surface area contributed by atoms with E-state index in [2.05, 4.69) is 22.2 Å². The number of aromatic amines is 1. The van der Waals surface area contributed by atoms with Crippen LogP contribution >= 0.6 is 0 Å². The summed E-state index contributed by atoms with van der Waals surface area (Å²) in [5.74, 6) is 0.619. The van der Waals surface area contributed by atoms with E-state index in [4.69, 9.17) is 0 Å². The highest BCUT2D eigenvalue weighted by Crippen LogP contribution is 2.29. The highest BCUT2D eigenvalue weighted by atomic mass is 16.2. The van der Waals surface area contributed by atoms with Crippen molar-refractivity contribution in [2.45, 2.75) is 39.2 Å². The zero-order chi connectivity index (χ0) is 13.8. The summed E-state index contributed by atoms with van der Waals surface area (Å²) in [6, 6.07) is 0.0153. The number of hydrogen-bond acceptors (Lipinski definition) is 3. The molecule has 0 spiro atoms. The molecule has 0 aliphatic carbocycles. The van der Waals surface area contributed by atoms with Gasteiger partial charge in [0.1, 0.15) is 5.82 Å². The number of nitrogens with zero attached hydrogens (tertiary/aromatic N) is 2. The van der Waals surface area contributed by atoms with E-state index in [0.717, 1.165) is 37.3 Å². The van der Waals surface area contributed by atoms with Crippen LogP contribution in [0.3, 0.4) is 0 Å². The summed E-state index contributed by atoms with van der Waals surface area (Å²) in [6.45, 7) is 4.26. The van der Waals surface area contributed by atoms with Crippen LogP contribution in [0.15, 0.2) is 6.20 Å². The Morgan fingerprint density at radius 3 is 3.00 bits per heavy atom. The van der Waals surface area contributed by atoms with Crippen LogP contribution in [0.4, 0.5) is 0 Å². The molecular formula is C13H20N4O2. The molecule has 1 aliphatic heterocycles. The van der Waals surface area contributed by atoms with Crippen LogP contribution in [-0.2, 0) is 16.0 Å². The van der Waals surface area contributed by atoms with Gasteiger partial charge in [-0.05, 0) is 19.3 Å². The molecule has 1 saturated heterocycles. The molecule has 1 fully saturated rings. The van der Waals surface area contributed by atoms with Crippen LogP contribution in [-0.4, -0.2) is 39.8 Å². The third-order valence-corrected chi connectivity index (χ3v) is 3.41. The molecule has 0 radical (unpaired) electrons. The van der Waals surface area contributed by atoms with Crippen molar-refractivity contribution in [1.29, 1.82) is 0 Å². The molecule has 1 unspecified atom stereocenters. The summed E-state index contributed by atoms with van der Waals surface area (Å²) in [5, 5.41) is 2.55. The standard InChI is InChI=1S/C13H20N4O2/c1-3-10-7-15-13(16-10)11-5-4-6-17(11)12(19)8-14-9(2)18/h7,11H,3-6,8H2,1-2H3,(H,14,18)(H,15,16). The molecule has 2 N–H and O–H groups in total. The molecule has 1 aliphatic rings. The van der Waals surface area contributed by atoms with Crippen LogP contribution in [0.25, 0.3) is 0 Å². The Hall–Kier alpha value is -1.85. The van der Waals surface area contributed by atoms with Crippen LogP contribution in [0, 0.1) is 0 Å². The maximum Gasteiger partial charge on any atom is 0.242 e. The Labute approximate surface area is 112 Å². The molecule has 2 heterocycles. The van der Waals surface area contributed by atoms with E-state index < -0.39 is 0 Å². The SMILES string of the molecule is CCc1cnc(C2CCCN2C(=O)CNC(C)=O)[nH]1. The average molecular weight is 264 g/mol. The number of amides is 2. The molecule has 0 saturated carbocycles. The second-order valence-electron chi connectivity index (χ2n) is 4.80. The van der Waals surface area contributed by atoms with Gasteiger partial charge in [0.25, 0.3) is 0 Å². The van der Waals surface area contributed by atoms with Gasteiger partial charge in [0, 0.05) is 25.4 Å². The Balaban J connectivity index is 2.03. The van der Waals surface area contributed by atoms with Gasteiger partial charge in [-0.25, -0.2) is 4.98 Å². The van der Waals surface area contributed by atoms with Crippen molar-refractivity contribution < 1.29 is 9.59 Å². The van der Waals surface area contributed by atoms with Gasteiger partial charge in [-0.15, -0.1) is 0 Å². The number of carbonyl (C=O) groups is 2. The minimum atomic E-state index is -0.185. The first-order chi connectivity index (χ1) is 9.11. The number of likely N-dealkylation sites (tertiary alicyclic amines) is 1. The van der Waals surface area contributed by atoms with E-state index in [9.17, 15) is 9.59 Å². The van der Waals surface area contributed by atoms with Crippen LogP contribution in [0.5, 0.6) is 0 Å². The van der Waals surface area contributed by atoms with Crippen molar-refractivity contribution in [2.75, 3.05) is 13.1 Å². The zero-order valence-corrected chi connectivity index (χ0v) is 11.4. The summed E-state index contributed by atoms with van der Waals surface area (Å²) in [5.41, 5.74) is 1.08. The van der Waals surface area contributed by atoms with Gasteiger partial charge >= 0.3 is 0 Å². The summed E-state index contributed by atoms with van der Waals surface area (Å²) in [7, 11) is 0. The van der Waals surface area contributed by atoms with Crippen molar-refractivity contribution in [3.8, 4) is 0 Å². The Morgan fingerprint density at radius 1 is 1.58 bits per heavy atom. The smallest absolute Gasteiger partial charge is 0.242 e. The first kappa shape index (κ1) is 13.6. The first-order valence-corrected chi connectivity index (χ1v) is 6.69. The van der Waals surface area contributed by atoms with Crippen molar-refractivity contribution in [3.05, 3.63) is 17.7 Å². The predicted molar refractivity (Wildman–Crippen MR) is 70.3 cm³/mol. The van der Waals surface area contributed by atoms with E-state index in [1.165, 1.54) is 6.92 Å². The Bertz CT molecular complexity index is 469. The minimum absolute atomic E-state index is 0.0153. The molecule has 0 aromatic carbocycles. The second kappa shape index (κ2) is 5.86. The van der Waals surface area contributed by atoms with Crippen LogP contribution < -0.4 is 5.32 Å². The maximum atomic E-state index is 12.1. The topological polar surface area (TPSA) is 78.1 Å². The number of rotatable bonds is 4. The van der Waals surface area contributed by atoms with Gasteiger partial charge in [0.05, 0.1) is 12.6 Å². The van der Waals surface area contributed by atoms with Crippen molar-refractivity contribution in [2.24, 2.45) is 0 Å². The lowest BCUT2D eigenvalue weighted by Gasteiger charge is -2.23. The van der Waals surface area contributed by atoms with Crippen molar-refractivity contribution >= 4 is 11.8 Å². The van der Waals surface area contributed by atoms with Crippen molar-refractivity contribution in [1.82, 2.24) is 20.2 Å².